The number of benzene rings is 2. The summed E-state index contributed by atoms with van der Waals surface area (Å²) < 4.78 is 20.2. The number of carbonyl (C=O) groups is 1. The third kappa shape index (κ3) is 6.47. The standard InChI is InChI=1S/C29H37ClFN5O3/c1-29(2,3)39-28(38)34(6)11-13-36-15-14-35(12-10-33(4)5)24-18-32-23-17-19(21(30)16-20(23)27(24)36)26-22(31)8-7-9-25(26)37/h7-9,16-18,37H,10-15H2,1-6H3. The predicted molar refractivity (Wildman–Crippen MR) is 156 cm³/mol. The Hall–Kier alpha value is -3.30. The van der Waals surface area contributed by atoms with E-state index in [0.717, 1.165) is 42.9 Å². The molecule has 2 heterocycles. The van der Waals surface area contributed by atoms with Crippen molar-refractivity contribution in [3.63, 3.8) is 0 Å². The molecular formula is C29H37ClFN5O3. The minimum atomic E-state index is -0.570. The van der Waals surface area contributed by atoms with E-state index in [9.17, 15) is 14.3 Å². The molecule has 39 heavy (non-hydrogen) atoms. The highest BCUT2D eigenvalue weighted by atomic mass is 35.5. The molecule has 1 N–H and O–H groups in total. The van der Waals surface area contributed by atoms with Crippen molar-refractivity contribution >= 4 is 40.0 Å². The van der Waals surface area contributed by atoms with Gasteiger partial charge in [-0.1, -0.05) is 17.7 Å². The lowest BCUT2D eigenvalue weighted by atomic mass is 10.00. The van der Waals surface area contributed by atoms with Crippen LogP contribution in [0.2, 0.25) is 5.02 Å². The number of ether oxygens (including phenoxy) is 1. The summed E-state index contributed by atoms with van der Waals surface area (Å²) in [5, 5.41) is 11.5. The Bertz CT molecular complexity index is 1340. The molecule has 0 saturated carbocycles. The van der Waals surface area contributed by atoms with Crippen molar-refractivity contribution in [3.8, 4) is 16.9 Å². The van der Waals surface area contributed by atoms with Gasteiger partial charge in [0, 0.05) is 62.3 Å². The summed E-state index contributed by atoms with van der Waals surface area (Å²) in [5.41, 5.74) is 2.44. The number of likely N-dealkylation sites (N-methyl/N-ethyl adjacent to an activating group) is 2. The van der Waals surface area contributed by atoms with E-state index < -0.39 is 11.4 Å². The predicted octanol–water partition coefficient (Wildman–Crippen LogP) is 5.45. The number of fused-ring (bicyclic) bond motifs is 3. The lowest BCUT2D eigenvalue weighted by Crippen LogP contribution is -2.46. The maximum atomic E-state index is 14.7. The van der Waals surface area contributed by atoms with Crippen LogP contribution in [0.1, 0.15) is 20.8 Å². The quantitative estimate of drug-likeness (QED) is 0.414. The van der Waals surface area contributed by atoms with Gasteiger partial charge in [0.15, 0.2) is 0 Å². The highest BCUT2D eigenvalue weighted by molar-refractivity contribution is 6.34. The largest absolute Gasteiger partial charge is 0.507 e. The number of phenols is 1. The van der Waals surface area contributed by atoms with Crippen LogP contribution in [-0.2, 0) is 4.74 Å². The number of pyridine rings is 1. The van der Waals surface area contributed by atoms with Crippen molar-refractivity contribution in [2.45, 2.75) is 26.4 Å². The molecule has 4 rings (SSSR count). The van der Waals surface area contributed by atoms with Crippen molar-refractivity contribution < 1.29 is 19.0 Å². The molecule has 10 heteroatoms. The molecule has 8 nitrogen and oxygen atoms in total. The summed E-state index contributed by atoms with van der Waals surface area (Å²) >= 11 is 6.73. The van der Waals surface area contributed by atoms with E-state index in [2.05, 4.69) is 14.7 Å². The Morgan fingerprint density at radius 1 is 1.13 bits per heavy atom. The first-order valence-corrected chi connectivity index (χ1v) is 13.4. The summed E-state index contributed by atoms with van der Waals surface area (Å²) in [5.74, 6) is -0.744. The van der Waals surface area contributed by atoms with Crippen LogP contribution < -0.4 is 9.80 Å². The highest BCUT2D eigenvalue weighted by Crippen LogP contribution is 2.43. The zero-order valence-electron chi connectivity index (χ0n) is 23.5. The first-order chi connectivity index (χ1) is 18.4. The first-order valence-electron chi connectivity index (χ1n) is 13.0. The van der Waals surface area contributed by atoms with Crippen LogP contribution in [0.5, 0.6) is 5.75 Å². The van der Waals surface area contributed by atoms with Gasteiger partial charge in [0.25, 0.3) is 0 Å². The van der Waals surface area contributed by atoms with Crippen LogP contribution in [0.15, 0.2) is 36.5 Å². The van der Waals surface area contributed by atoms with Gasteiger partial charge >= 0.3 is 6.09 Å². The second-order valence-corrected chi connectivity index (χ2v) is 11.6. The van der Waals surface area contributed by atoms with Gasteiger partial charge in [-0.25, -0.2) is 9.18 Å². The Morgan fingerprint density at radius 3 is 2.49 bits per heavy atom. The van der Waals surface area contributed by atoms with Gasteiger partial charge in [-0.3, -0.25) is 4.98 Å². The molecular weight excluding hydrogens is 521 g/mol. The van der Waals surface area contributed by atoms with Gasteiger partial charge in [0.05, 0.1) is 28.7 Å². The molecule has 210 valence electrons. The fourth-order valence-corrected chi connectivity index (χ4v) is 4.93. The summed E-state index contributed by atoms with van der Waals surface area (Å²) in [4.78, 5) is 25.5. The summed E-state index contributed by atoms with van der Waals surface area (Å²) in [6, 6.07) is 7.70. The van der Waals surface area contributed by atoms with E-state index in [1.54, 1.807) is 24.1 Å². The minimum Gasteiger partial charge on any atom is -0.507 e. The fourth-order valence-electron chi connectivity index (χ4n) is 4.67. The number of aromatic hydroxyl groups is 1. The molecule has 3 aromatic rings. The Kier molecular flexibility index (Phi) is 8.42. The van der Waals surface area contributed by atoms with E-state index in [0.29, 0.717) is 29.2 Å². The number of phenolic OH excluding ortho intramolecular Hbond substituents is 1. The lowest BCUT2D eigenvalue weighted by molar-refractivity contribution is 0.0303. The molecule has 0 saturated heterocycles. The summed E-state index contributed by atoms with van der Waals surface area (Å²) in [6.45, 7) is 9.84. The molecule has 0 spiro atoms. The summed E-state index contributed by atoms with van der Waals surface area (Å²) in [6.07, 6.45) is 1.47. The molecule has 1 amide bonds. The third-order valence-electron chi connectivity index (χ3n) is 6.69. The van der Waals surface area contributed by atoms with E-state index in [1.165, 1.54) is 18.2 Å². The molecule has 0 bridgehead atoms. The number of nitrogens with zero attached hydrogens (tertiary/aromatic N) is 5. The zero-order chi connectivity index (χ0) is 28.5. The van der Waals surface area contributed by atoms with Crippen molar-refractivity contribution in [1.82, 2.24) is 14.8 Å². The molecule has 0 unspecified atom stereocenters. The Balaban J connectivity index is 1.74. The van der Waals surface area contributed by atoms with E-state index in [1.807, 2.05) is 41.1 Å². The topological polar surface area (TPSA) is 72.4 Å². The summed E-state index contributed by atoms with van der Waals surface area (Å²) in [7, 11) is 5.82. The molecule has 2 aromatic carbocycles. The number of anilines is 2. The van der Waals surface area contributed by atoms with Gasteiger partial charge in [-0.05, 0) is 59.1 Å². The Morgan fingerprint density at radius 2 is 1.82 bits per heavy atom. The van der Waals surface area contributed by atoms with Crippen molar-refractivity contribution in [2.24, 2.45) is 0 Å². The van der Waals surface area contributed by atoms with Crippen molar-refractivity contribution in [2.75, 3.05) is 70.2 Å². The van der Waals surface area contributed by atoms with Gasteiger partial charge in [0.1, 0.15) is 17.2 Å². The molecule has 0 fully saturated rings. The fraction of sp³-hybridized carbons (Fsp3) is 0.448. The number of halogens is 2. The maximum absolute atomic E-state index is 14.7. The van der Waals surface area contributed by atoms with Crippen LogP contribution in [0.3, 0.4) is 0 Å². The average Bonchev–Trinajstić information content (AvgIpc) is 2.85. The van der Waals surface area contributed by atoms with Crippen LogP contribution in [-0.4, -0.2) is 92.0 Å². The lowest BCUT2D eigenvalue weighted by Gasteiger charge is -2.40. The molecule has 1 aliphatic heterocycles. The van der Waals surface area contributed by atoms with E-state index in [4.69, 9.17) is 21.3 Å². The SMILES string of the molecule is CN(C)CCN1CCN(CCN(C)C(=O)OC(C)(C)C)c2c1cnc1cc(-c3c(O)cccc3F)c(Cl)cc21. The van der Waals surface area contributed by atoms with Crippen molar-refractivity contribution in [1.29, 1.82) is 0 Å². The van der Waals surface area contributed by atoms with Crippen LogP contribution in [0.25, 0.3) is 22.0 Å². The van der Waals surface area contributed by atoms with Gasteiger partial charge < -0.3 is 29.4 Å². The third-order valence-corrected chi connectivity index (χ3v) is 7.01. The van der Waals surface area contributed by atoms with E-state index >= 15 is 0 Å². The second kappa shape index (κ2) is 11.4. The van der Waals surface area contributed by atoms with Crippen LogP contribution in [0.4, 0.5) is 20.6 Å². The number of aromatic nitrogens is 1. The van der Waals surface area contributed by atoms with Gasteiger partial charge in [-0.2, -0.15) is 0 Å². The molecule has 1 aliphatic rings. The number of hydrogen-bond acceptors (Lipinski definition) is 7. The monoisotopic (exact) mass is 557 g/mol. The van der Waals surface area contributed by atoms with Crippen LogP contribution in [0, 0.1) is 5.82 Å². The maximum Gasteiger partial charge on any atom is 0.410 e. The van der Waals surface area contributed by atoms with Crippen molar-refractivity contribution in [3.05, 3.63) is 47.4 Å². The zero-order valence-corrected chi connectivity index (χ0v) is 24.2. The number of hydrogen-bond donors (Lipinski definition) is 1. The van der Waals surface area contributed by atoms with E-state index in [-0.39, 0.29) is 17.4 Å². The molecule has 0 aliphatic carbocycles. The van der Waals surface area contributed by atoms with Gasteiger partial charge in [0.2, 0.25) is 0 Å². The molecule has 0 radical (unpaired) electrons. The number of amides is 1. The highest BCUT2D eigenvalue weighted by Gasteiger charge is 2.28. The van der Waals surface area contributed by atoms with Crippen LogP contribution >= 0.6 is 11.6 Å². The Labute approximate surface area is 234 Å². The minimum absolute atomic E-state index is 0.0485. The molecule has 0 atom stereocenters. The number of carbonyl (C=O) groups excluding carboxylic acids is 1. The molecule has 1 aromatic heterocycles. The smallest absolute Gasteiger partial charge is 0.410 e. The van der Waals surface area contributed by atoms with Gasteiger partial charge in [-0.15, -0.1) is 0 Å². The second-order valence-electron chi connectivity index (χ2n) is 11.2. The first kappa shape index (κ1) is 28.7. The normalized spacial score (nSPS) is 13.7. The number of rotatable bonds is 7. The average molecular weight is 558 g/mol.